The zero-order valence-corrected chi connectivity index (χ0v) is 11.3. The Balaban J connectivity index is 2.11. The van der Waals surface area contributed by atoms with Crippen LogP contribution < -0.4 is 5.32 Å². The van der Waals surface area contributed by atoms with E-state index in [0.717, 1.165) is 12.1 Å². The van der Waals surface area contributed by atoms with Gasteiger partial charge in [0.05, 0.1) is 22.8 Å². The molecule has 8 heteroatoms. The minimum Gasteiger partial charge on any atom is -0.377 e. The maximum absolute atomic E-state index is 12.5. The van der Waals surface area contributed by atoms with Gasteiger partial charge in [0.15, 0.2) is 0 Å². The molecule has 0 amide bonds. The molecular weight excluding hydrogens is 293 g/mol. The molecule has 2 aromatic rings. The van der Waals surface area contributed by atoms with Crippen molar-refractivity contribution >= 4 is 17.3 Å². The fourth-order valence-electron chi connectivity index (χ4n) is 1.70. The van der Waals surface area contributed by atoms with Crippen LogP contribution in [0.1, 0.15) is 18.3 Å². The van der Waals surface area contributed by atoms with Gasteiger partial charge in [0.2, 0.25) is 0 Å². The highest BCUT2D eigenvalue weighted by Gasteiger charge is 2.30. The van der Waals surface area contributed by atoms with Crippen molar-refractivity contribution in [3.8, 4) is 0 Å². The van der Waals surface area contributed by atoms with Crippen molar-refractivity contribution in [1.29, 1.82) is 0 Å². The molecule has 0 saturated carbocycles. The molecule has 20 heavy (non-hydrogen) atoms. The minimum absolute atomic E-state index is 0.0161. The summed E-state index contributed by atoms with van der Waals surface area (Å²) >= 11 is 5.84. The van der Waals surface area contributed by atoms with E-state index in [9.17, 15) is 13.2 Å². The summed E-state index contributed by atoms with van der Waals surface area (Å²) in [4.78, 5) is 4.05. The lowest BCUT2D eigenvalue weighted by atomic mass is 10.2. The summed E-state index contributed by atoms with van der Waals surface area (Å²) in [6.45, 7) is 2.92. The molecule has 1 N–H and O–H groups in total. The van der Waals surface area contributed by atoms with Crippen LogP contribution >= 0.6 is 11.6 Å². The average Bonchev–Trinajstić information content (AvgIpc) is 2.83. The first kappa shape index (κ1) is 14.6. The van der Waals surface area contributed by atoms with Crippen molar-refractivity contribution in [3.05, 3.63) is 40.9 Å². The van der Waals surface area contributed by atoms with Crippen LogP contribution in [0.4, 0.5) is 18.9 Å². The molecule has 1 aromatic carbocycles. The number of aromatic nitrogens is 3. The van der Waals surface area contributed by atoms with Gasteiger partial charge < -0.3 is 5.32 Å². The largest absolute Gasteiger partial charge is 0.416 e. The van der Waals surface area contributed by atoms with Crippen LogP contribution in [-0.2, 0) is 19.3 Å². The predicted molar refractivity (Wildman–Crippen MR) is 69.5 cm³/mol. The van der Waals surface area contributed by atoms with E-state index < -0.39 is 11.7 Å². The topological polar surface area (TPSA) is 42.7 Å². The normalized spacial score (nSPS) is 11.7. The number of nitrogens with one attached hydrogen (secondary N) is 1. The molecular formula is C12H12ClF3N4. The Hall–Kier alpha value is -1.76. The third-order valence-corrected chi connectivity index (χ3v) is 3.04. The third kappa shape index (κ3) is 3.22. The van der Waals surface area contributed by atoms with E-state index in [2.05, 4.69) is 15.4 Å². The van der Waals surface area contributed by atoms with Gasteiger partial charge in [-0.2, -0.15) is 18.3 Å². The number of alkyl halides is 3. The van der Waals surface area contributed by atoms with Crippen molar-refractivity contribution < 1.29 is 13.2 Å². The summed E-state index contributed by atoms with van der Waals surface area (Å²) in [5, 5.41) is 6.96. The summed E-state index contributed by atoms with van der Waals surface area (Å²) in [6.07, 6.45) is -2.97. The van der Waals surface area contributed by atoms with Crippen LogP contribution in [0.15, 0.2) is 24.5 Å². The Morgan fingerprint density at radius 3 is 2.70 bits per heavy atom. The Morgan fingerprint density at radius 2 is 2.10 bits per heavy atom. The molecule has 0 unspecified atom stereocenters. The quantitative estimate of drug-likeness (QED) is 0.939. The smallest absolute Gasteiger partial charge is 0.377 e. The molecule has 4 nitrogen and oxygen atoms in total. The van der Waals surface area contributed by atoms with Crippen molar-refractivity contribution in [2.24, 2.45) is 0 Å². The molecule has 108 valence electrons. The number of aryl methyl sites for hydroxylation is 1. The van der Waals surface area contributed by atoms with Crippen LogP contribution in [0.5, 0.6) is 0 Å². The Bertz CT molecular complexity index is 595. The number of hydrogen-bond acceptors (Lipinski definition) is 3. The minimum atomic E-state index is -4.40. The summed E-state index contributed by atoms with van der Waals surface area (Å²) in [5.41, 5.74) is -0.352. The Kier molecular flexibility index (Phi) is 4.17. The standard InChI is InChI=1S/C12H12ClF3N4/c1-2-20-11(18-7-19-20)6-17-10-4-3-8(5-9(10)13)12(14,15)16/h3-5,7,17H,2,6H2,1H3. The highest BCUT2D eigenvalue weighted by atomic mass is 35.5. The van der Waals surface area contributed by atoms with Crippen molar-refractivity contribution in [2.45, 2.75) is 26.2 Å². The molecule has 0 bridgehead atoms. The zero-order valence-electron chi connectivity index (χ0n) is 10.6. The van der Waals surface area contributed by atoms with Gasteiger partial charge in [-0.25, -0.2) is 9.67 Å². The van der Waals surface area contributed by atoms with E-state index in [0.29, 0.717) is 24.6 Å². The van der Waals surface area contributed by atoms with Crippen LogP contribution in [0, 0.1) is 0 Å². The second-order valence-corrected chi connectivity index (χ2v) is 4.45. The summed E-state index contributed by atoms with van der Waals surface area (Å²) in [5.74, 6) is 0.684. The third-order valence-electron chi connectivity index (χ3n) is 2.73. The second-order valence-electron chi connectivity index (χ2n) is 4.04. The van der Waals surface area contributed by atoms with Gasteiger partial charge in [0.1, 0.15) is 12.2 Å². The fraction of sp³-hybridized carbons (Fsp3) is 0.333. The maximum atomic E-state index is 12.5. The van der Waals surface area contributed by atoms with Crippen molar-refractivity contribution in [3.63, 3.8) is 0 Å². The highest BCUT2D eigenvalue weighted by Crippen LogP contribution is 2.33. The molecule has 0 atom stereocenters. The lowest BCUT2D eigenvalue weighted by molar-refractivity contribution is -0.137. The van der Waals surface area contributed by atoms with Gasteiger partial charge in [-0.15, -0.1) is 0 Å². The van der Waals surface area contributed by atoms with Crippen LogP contribution in [0.2, 0.25) is 5.02 Å². The first-order chi connectivity index (χ1) is 9.41. The predicted octanol–water partition coefficient (Wildman–Crippen LogP) is 3.58. The van der Waals surface area contributed by atoms with Crippen molar-refractivity contribution in [2.75, 3.05) is 5.32 Å². The number of nitrogens with zero attached hydrogens (tertiary/aromatic N) is 3. The number of anilines is 1. The summed E-state index contributed by atoms with van der Waals surface area (Å²) < 4.78 is 39.2. The van der Waals surface area contributed by atoms with E-state index >= 15 is 0 Å². The van der Waals surface area contributed by atoms with Crippen LogP contribution in [0.25, 0.3) is 0 Å². The lowest BCUT2D eigenvalue weighted by Crippen LogP contribution is -2.10. The molecule has 1 aromatic heterocycles. The van der Waals surface area contributed by atoms with E-state index in [1.807, 2.05) is 6.92 Å². The average molecular weight is 305 g/mol. The summed E-state index contributed by atoms with van der Waals surface area (Å²) in [6, 6.07) is 3.19. The molecule has 0 saturated heterocycles. The molecule has 0 aliphatic rings. The molecule has 2 rings (SSSR count). The van der Waals surface area contributed by atoms with Gasteiger partial charge in [0, 0.05) is 6.54 Å². The molecule has 0 fully saturated rings. The SMILES string of the molecule is CCn1ncnc1CNc1ccc(C(F)(F)F)cc1Cl. The maximum Gasteiger partial charge on any atom is 0.416 e. The molecule has 1 heterocycles. The van der Waals surface area contributed by atoms with Gasteiger partial charge in [0.25, 0.3) is 0 Å². The van der Waals surface area contributed by atoms with E-state index in [-0.39, 0.29) is 5.02 Å². The first-order valence-electron chi connectivity index (χ1n) is 5.89. The zero-order chi connectivity index (χ0) is 14.8. The number of benzene rings is 1. The van der Waals surface area contributed by atoms with E-state index in [1.165, 1.54) is 12.4 Å². The number of rotatable bonds is 4. The van der Waals surface area contributed by atoms with E-state index in [4.69, 9.17) is 11.6 Å². The van der Waals surface area contributed by atoms with Crippen molar-refractivity contribution in [1.82, 2.24) is 14.8 Å². The van der Waals surface area contributed by atoms with E-state index in [1.54, 1.807) is 4.68 Å². The molecule has 0 spiro atoms. The van der Waals surface area contributed by atoms with Gasteiger partial charge in [-0.1, -0.05) is 11.6 Å². The van der Waals surface area contributed by atoms with Gasteiger partial charge in [-0.3, -0.25) is 0 Å². The second kappa shape index (κ2) is 5.70. The summed E-state index contributed by atoms with van der Waals surface area (Å²) in [7, 11) is 0. The molecule has 0 aliphatic carbocycles. The van der Waals surface area contributed by atoms with Gasteiger partial charge >= 0.3 is 6.18 Å². The molecule has 0 aliphatic heterocycles. The first-order valence-corrected chi connectivity index (χ1v) is 6.27. The highest BCUT2D eigenvalue weighted by molar-refractivity contribution is 6.33. The Morgan fingerprint density at radius 1 is 1.35 bits per heavy atom. The number of halogens is 4. The fourth-order valence-corrected chi connectivity index (χ4v) is 1.95. The lowest BCUT2D eigenvalue weighted by Gasteiger charge is -2.11. The monoisotopic (exact) mass is 304 g/mol. The molecule has 0 radical (unpaired) electrons. The Labute approximate surface area is 118 Å². The number of hydrogen-bond donors (Lipinski definition) is 1. The van der Waals surface area contributed by atoms with Crippen LogP contribution in [-0.4, -0.2) is 14.8 Å². The van der Waals surface area contributed by atoms with Gasteiger partial charge in [-0.05, 0) is 25.1 Å². The van der Waals surface area contributed by atoms with Crippen LogP contribution in [0.3, 0.4) is 0 Å².